The first-order chi connectivity index (χ1) is 10.4. The van der Waals surface area contributed by atoms with Crippen LogP contribution >= 0.6 is 0 Å². The Morgan fingerprint density at radius 1 is 1.05 bits per heavy atom. The molecule has 0 saturated heterocycles. The van der Waals surface area contributed by atoms with Gasteiger partial charge in [-0.1, -0.05) is 12.1 Å². The first kappa shape index (κ1) is 15.9. The summed E-state index contributed by atoms with van der Waals surface area (Å²) in [5.74, 6) is 0.488. The van der Waals surface area contributed by atoms with Crippen molar-refractivity contribution in [3.05, 3.63) is 53.1 Å². The van der Waals surface area contributed by atoms with Crippen LogP contribution in [-0.2, 0) is 4.79 Å². The van der Waals surface area contributed by atoms with Gasteiger partial charge in [0.05, 0.1) is 0 Å². The molecule has 1 atom stereocenters. The lowest BCUT2D eigenvalue weighted by atomic mass is 10.1. The van der Waals surface area contributed by atoms with Crippen LogP contribution < -0.4 is 15.8 Å². The number of anilines is 2. The molecule has 116 valence electrons. The maximum absolute atomic E-state index is 12.3. The molecule has 2 aromatic carbocycles. The van der Waals surface area contributed by atoms with Crippen LogP contribution in [0.4, 0.5) is 11.4 Å². The van der Waals surface area contributed by atoms with Crippen molar-refractivity contribution in [1.82, 2.24) is 0 Å². The number of hydrogen-bond donors (Lipinski definition) is 2. The Labute approximate surface area is 131 Å². The van der Waals surface area contributed by atoms with Gasteiger partial charge in [-0.3, -0.25) is 4.79 Å². The van der Waals surface area contributed by atoms with E-state index in [1.54, 1.807) is 19.1 Å². The molecular weight excluding hydrogens is 276 g/mol. The summed E-state index contributed by atoms with van der Waals surface area (Å²) in [6.45, 7) is 7.71. The first-order valence-corrected chi connectivity index (χ1v) is 7.27. The summed E-state index contributed by atoms with van der Waals surface area (Å²) >= 11 is 0. The molecule has 2 aromatic rings. The van der Waals surface area contributed by atoms with Gasteiger partial charge < -0.3 is 15.8 Å². The van der Waals surface area contributed by atoms with E-state index in [1.165, 1.54) is 5.56 Å². The van der Waals surface area contributed by atoms with E-state index in [9.17, 15) is 4.79 Å². The van der Waals surface area contributed by atoms with Crippen LogP contribution in [0.5, 0.6) is 5.75 Å². The Balaban J connectivity index is 2.05. The number of nitrogens with two attached hydrogens (primary N) is 1. The first-order valence-electron chi connectivity index (χ1n) is 7.27. The van der Waals surface area contributed by atoms with Crippen LogP contribution in [0.3, 0.4) is 0 Å². The SMILES string of the molecule is Cc1ccc(OC(C)C(=O)Nc2cc(N)ccc2C)cc1C. The molecular formula is C18H22N2O2. The maximum Gasteiger partial charge on any atom is 0.265 e. The molecule has 0 bridgehead atoms. The highest BCUT2D eigenvalue weighted by Gasteiger charge is 2.16. The summed E-state index contributed by atoms with van der Waals surface area (Å²) in [7, 11) is 0. The average molecular weight is 298 g/mol. The molecule has 1 amide bonds. The molecule has 0 aliphatic rings. The Morgan fingerprint density at radius 3 is 2.41 bits per heavy atom. The fraction of sp³-hybridized carbons (Fsp3) is 0.278. The summed E-state index contributed by atoms with van der Waals surface area (Å²) in [6.07, 6.45) is -0.595. The standard InChI is InChI=1S/C18H22N2O2/c1-11-6-8-16(9-13(11)3)22-14(4)18(21)20-17-10-15(19)7-5-12(17)2/h5-10,14H,19H2,1-4H3,(H,20,21). The monoisotopic (exact) mass is 298 g/mol. The fourth-order valence-electron chi connectivity index (χ4n) is 2.05. The molecule has 0 aliphatic carbocycles. The van der Waals surface area contributed by atoms with Crippen molar-refractivity contribution < 1.29 is 9.53 Å². The quantitative estimate of drug-likeness (QED) is 0.848. The number of benzene rings is 2. The van der Waals surface area contributed by atoms with Gasteiger partial charge in [-0.2, -0.15) is 0 Å². The minimum absolute atomic E-state index is 0.202. The third-order valence-electron chi connectivity index (χ3n) is 3.68. The number of rotatable bonds is 4. The van der Waals surface area contributed by atoms with E-state index >= 15 is 0 Å². The summed E-state index contributed by atoms with van der Waals surface area (Å²) in [5.41, 5.74) is 10.4. The van der Waals surface area contributed by atoms with Crippen LogP contribution in [0, 0.1) is 20.8 Å². The minimum Gasteiger partial charge on any atom is -0.481 e. The normalized spacial score (nSPS) is 11.8. The van der Waals surface area contributed by atoms with Gasteiger partial charge in [0.25, 0.3) is 5.91 Å². The lowest BCUT2D eigenvalue weighted by molar-refractivity contribution is -0.122. The van der Waals surface area contributed by atoms with Crippen molar-refractivity contribution in [1.29, 1.82) is 0 Å². The van der Waals surface area contributed by atoms with Gasteiger partial charge >= 0.3 is 0 Å². The van der Waals surface area contributed by atoms with Crippen molar-refractivity contribution >= 4 is 17.3 Å². The van der Waals surface area contributed by atoms with Gasteiger partial charge in [0.2, 0.25) is 0 Å². The molecule has 22 heavy (non-hydrogen) atoms. The van der Waals surface area contributed by atoms with Gasteiger partial charge in [-0.15, -0.1) is 0 Å². The number of hydrogen-bond acceptors (Lipinski definition) is 3. The van der Waals surface area contributed by atoms with E-state index in [0.717, 1.165) is 11.1 Å². The zero-order valence-corrected chi connectivity index (χ0v) is 13.4. The van der Waals surface area contributed by atoms with E-state index in [1.807, 2.05) is 45.0 Å². The highest BCUT2D eigenvalue weighted by molar-refractivity contribution is 5.95. The predicted molar refractivity (Wildman–Crippen MR) is 90.2 cm³/mol. The molecule has 0 heterocycles. The highest BCUT2D eigenvalue weighted by Crippen LogP contribution is 2.20. The van der Waals surface area contributed by atoms with Crippen molar-refractivity contribution in [2.24, 2.45) is 0 Å². The van der Waals surface area contributed by atoms with Crippen molar-refractivity contribution in [2.45, 2.75) is 33.8 Å². The smallest absolute Gasteiger partial charge is 0.265 e. The molecule has 2 rings (SSSR count). The summed E-state index contributed by atoms with van der Waals surface area (Å²) in [5, 5.41) is 2.85. The molecule has 4 nitrogen and oxygen atoms in total. The number of carbonyl (C=O) groups is 1. The fourth-order valence-corrected chi connectivity index (χ4v) is 2.05. The number of nitrogen functional groups attached to an aromatic ring is 1. The Hall–Kier alpha value is -2.49. The van der Waals surface area contributed by atoms with Crippen molar-refractivity contribution in [3.8, 4) is 5.75 Å². The number of amides is 1. The zero-order chi connectivity index (χ0) is 16.3. The predicted octanol–water partition coefficient (Wildman–Crippen LogP) is 3.60. The van der Waals surface area contributed by atoms with Gasteiger partial charge in [-0.25, -0.2) is 0 Å². The molecule has 4 heteroatoms. The molecule has 0 aliphatic heterocycles. The summed E-state index contributed by atoms with van der Waals surface area (Å²) in [6, 6.07) is 11.2. The molecule has 1 unspecified atom stereocenters. The van der Waals surface area contributed by atoms with Crippen LogP contribution in [0.15, 0.2) is 36.4 Å². The van der Waals surface area contributed by atoms with Gasteiger partial charge in [0.15, 0.2) is 6.10 Å². The second-order valence-corrected chi connectivity index (χ2v) is 5.57. The number of nitrogens with one attached hydrogen (secondary N) is 1. The van der Waals surface area contributed by atoms with Gasteiger partial charge in [0.1, 0.15) is 5.75 Å². The Kier molecular flexibility index (Phi) is 4.71. The van der Waals surface area contributed by atoms with Crippen molar-refractivity contribution in [2.75, 3.05) is 11.1 Å². The van der Waals surface area contributed by atoms with Gasteiger partial charge in [0, 0.05) is 11.4 Å². The second-order valence-electron chi connectivity index (χ2n) is 5.57. The topological polar surface area (TPSA) is 64.3 Å². The number of carbonyl (C=O) groups excluding carboxylic acids is 1. The molecule has 0 fully saturated rings. The lowest BCUT2D eigenvalue weighted by Crippen LogP contribution is -2.30. The molecule has 3 N–H and O–H groups in total. The second kappa shape index (κ2) is 6.52. The van der Waals surface area contributed by atoms with Crippen LogP contribution in [-0.4, -0.2) is 12.0 Å². The minimum atomic E-state index is -0.595. The number of aryl methyl sites for hydroxylation is 3. The van der Waals surface area contributed by atoms with E-state index in [2.05, 4.69) is 5.32 Å². The zero-order valence-electron chi connectivity index (χ0n) is 13.4. The van der Waals surface area contributed by atoms with E-state index in [-0.39, 0.29) is 5.91 Å². The molecule has 0 spiro atoms. The maximum atomic E-state index is 12.3. The van der Waals surface area contributed by atoms with E-state index in [0.29, 0.717) is 17.1 Å². The average Bonchev–Trinajstić information content (AvgIpc) is 2.46. The molecule has 0 saturated carbocycles. The van der Waals surface area contributed by atoms with Crippen molar-refractivity contribution in [3.63, 3.8) is 0 Å². The van der Waals surface area contributed by atoms with Crippen LogP contribution in [0.2, 0.25) is 0 Å². The van der Waals surface area contributed by atoms with Crippen LogP contribution in [0.25, 0.3) is 0 Å². The van der Waals surface area contributed by atoms with Crippen LogP contribution in [0.1, 0.15) is 23.6 Å². The summed E-state index contributed by atoms with van der Waals surface area (Å²) < 4.78 is 5.71. The largest absolute Gasteiger partial charge is 0.481 e. The highest BCUT2D eigenvalue weighted by atomic mass is 16.5. The lowest BCUT2D eigenvalue weighted by Gasteiger charge is -2.16. The third kappa shape index (κ3) is 3.79. The number of ether oxygens (including phenoxy) is 1. The summed E-state index contributed by atoms with van der Waals surface area (Å²) in [4.78, 5) is 12.3. The molecule has 0 aromatic heterocycles. The molecule has 0 radical (unpaired) electrons. The van der Waals surface area contributed by atoms with E-state index < -0.39 is 6.10 Å². The van der Waals surface area contributed by atoms with E-state index in [4.69, 9.17) is 10.5 Å². The van der Waals surface area contributed by atoms with Gasteiger partial charge in [-0.05, 0) is 68.7 Å². The Morgan fingerprint density at radius 2 is 1.73 bits per heavy atom. The third-order valence-corrected chi connectivity index (χ3v) is 3.68. The Bertz CT molecular complexity index is 695.